The highest BCUT2D eigenvalue weighted by Gasteiger charge is 2.48. The van der Waals surface area contributed by atoms with Crippen LogP contribution >= 0.6 is 11.3 Å². The Morgan fingerprint density at radius 3 is 2.55 bits per heavy atom. The lowest BCUT2D eigenvalue weighted by molar-refractivity contribution is 0.0862. The Bertz CT molecular complexity index is 1040. The molecule has 1 saturated carbocycles. The van der Waals surface area contributed by atoms with E-state index in [2.05, 4.69) is 19.2 Å². The molecule has 2 heterocycles. The van der Waals surface area contributed by atoms with Gasteiger partial charge in [-0.05, 0) is 48.4 Å². The molecule has 0 saturated heterocycles. The Kier molecular flexibility index (Phi) is 5.25. The number of carbonyl (C=O) groups is 2. The van der Waals surface area contributed by atoms with Crippen molar-refractivity contribution in [1.29, 1.82) is 0 Å². The van der Waals surface area contributed by atoms with Gasteiger partial charge in [-0.1, -0.05) is 32.8 Å². The van der Waals surface area contributed by atoms with Gasteiger partial charge in [0.15, 0.2) is 0 Å². The van der Waals surface area contributed by atoms with Gasteiger partial charge < -0.3 is 5.32 Å². The van der Waals surface area contributed by atoms with Crippen molar-refractivity contribution < 1.29 is 18.0 Å². The van der Waals surface area contributed by atoms with Gasteiger partial charge in [0.1, 0.15) is 4.90 Å². The largest absolute Gasteiger partial charge is 0.344 e. The van der Waals surface area contributed by atoms with Gasteiger partial charge in [0, 0.05) is 16.5 Å². The molecule has 1 unspecified atom stereocenters. The molecule has 6 nitrogen and oxygen atoms in total. The van der Waals surface area contributed by atoms with Crippen molar-refractivity contribution in [2.45, 2.75) is 56.5 Å². The molecule has 2 aliphatic rings. The number of nitrogens with one attached hydrogen (secondary N) is 1. The van der Waals surface area contributed by atoms with E-state index in [1.807, 2.05) is 17.5 Å². The maximum Gasteiger partial charge on any atom is 0.269 e. The lowest BCUT2D eigenvalue weighted by Gasteiger charge is -2.25. The maximum atomic E-state index is 13.0. The van der Waals surface area contributed by atoms with Gasteiger partial charge in [-0.15, -0.1) is 11.3 Å². The van der Waals surface area contributed by atoms with Crippen LogP contribution in [0.2, 0.25) is 0 Å². The van der Waals surface area contributed by atoms with E-state index in [0.29, 0.717) is 12.8 Å². The number of benzene rings is 1. The molecule has 0 bridgehead atoms. The number of amides is 2. The molecule has 4 rings (SSSR count). The number of hydrogen-bond donors (Lipinski definition) is 1. The predicted octanol–water partition coefficient (Wildman–Crippen LogP) is 3.96. The number of nitrogens with zero attached hydrogens (tertiary/aromatic N) is 1. The molecular formula is C21H24N2O4S2. The molecule has 2 amide bonds. The van der Waals surface area contributed by atoms with Crippen LogP contribution in [0.25, 0.3) is 0 Å². The number of fused-ring (bicyclic) bond motifs is 1. The summed E-state index contributed by atoms with van der Waals surface area (Å²) < 4.78 is 26.7. The zero-order chi connectivity index (χ0) is 20.8. The molecule has 1 aliphatic carbocycles. The lowest BCUT2D eigenvalue weighted by Crippen LogP contribution is -2.33. The first-order chi connectivity index (χ1) is 13.9. The van der Waals surface area contributed by atoms with Crippen LogP contribution in [0.4, 0.5) is 0 Å². The van der Waals surface area contributed by atoms with Gasteiger partial charge in [0.2, 0.25) is 0 Å². The molecule has 1 aromatic carbocycles. The van der Waals surface area contributed by atoms with Crippen LogP contribution < -0.4 is 5.32 Å². The van der Waals surface area contributed by atoms with E-state index in [1.165, 1.54) is 18.2 Å². The minimum absolute atomic E-state index is 0.0581. The fraction of sp³-hybridized carbons (Fsp3) is 0.429. The second-order valence-electron chi connectivity index (χ2n) is 7.59. The molecule has 29 heavy (non-hydrogen) atoms. The zero-order valence-corrected chi connectivity index (χ0v) is 18.1. The van der Waals surface area contributed by atoms with Crippen molar-refractivity contribution in [3.8, 4) is 0 Å². The monoisotopic (exact) mass is 432 g/mol. The van der Waals surface area contributed by atoms with Crippen LogP contribution in [0, 0.1) is 5.92 Å². The van der Waals surface area contributed by atoms with Gasteiger partial charge in [0.05, 0.1) is 11.6 Å². The second-order valence-corrected chi connectivity index (χ2v) is 10.4. The third-order valence-corrected chi connectivity index (χ3v) is 8.58. The van der Waals surface area contributed by atoms with E-state index >= 15 is 0 Å². The summed E-state index contributed by atoms with van der Waals surface area (Å²) in [5, 5.41) is 5.07. The summed E-state index contributed by atoms with van der Waals surface area (Å²) in [5.74, 6) is -0.531. The van der Waals surface area contributed by atoms with E-state index in [1.54, 1.807) is 11.3 Å². The molecule has 1 fully saturated rings. The van der Waals surface area contributed by atoms with E-state index < -0.39 is 15.9 Å². The standard InChI is InChI=1S/C21H24N2O4S2/c1-3-13(4-2)19(17-6-5-11-28-17)22-20(24)14-7-10-16-18(12-14)29(26,27)23(21(16)25)15-8-9-15/h5-7,10-13,15,19H,3-4,8-9H2,1-2H3,(H,22,24). The van der Waals surface area contributed by atoms with Crippen molar-refractivity contribution >= 4 is 33.2 Å². The summed E-state index contributed by atoms with van der Waals surface area (Å²) >= 11 is 1.60. The first-order valence-electron chi connectivity index (χ1n) is 9.95. The summed E-state index contributed by atoms with van der Waals surface area (Å²) in [7, 11) is -3.88. The minimum atomic E-state index is -3.88. The Morgan fingerprint density at radius 1 is 1.24 bits per heavy atom. The minimum Gasteiger partial charge on any atom is -0.344 e. The van der Waals surface area contributed by atoms with Crippen molar-refractivity contribution in [2.24, 2.45) is 5.92 Å². The number of thiophene rings is 1. The summed E-state index contributed by atoms with van der Waals surface area (Å²) in [6.45, 7) is 4.20. The van der Waals surface area contributed by atoms with Crippen LogP contribution in [0.1, 0.15) is 71.2 Å². The molecule has 2 aromatic rings. The first kappa shape index (κ1) is 20.1. The molecule has 0 spiro atoms. The van der Waals surface area contributed by atoms with Crippen LogP contribution in [0.15, 0.2) is 40.6 Å². The summed E-state index contributed by atoms with van der Waals surface area (Å²) in [5.41, 5.74) is 0.411. The summed E-state index contributed by atoms with van der Waals surface area (Å²) in [4.78, 5) is 26.6. The van der Waals surface area contributed by atoms with Crippen molar-refractivity contribution in [3.63, 3.8) is 0 Å². The van der Waals surface area contributed by atoms with Crippen molar-refractivity contribution in [3.05, 3.63) is 51.7 Å². The predicted molar refractivity (Wildman–Crippen MR) is 111 cm³/mol. The van der Waals surface area contributed by atoms with Crippen LogP contribution in [0.3, 0.4) is 0 Å². The molecule has 1 aliphatic heterocycles. The fourth-order valence-electron chi connectivity index (χ4n) is 3.93. The highest BCUT2D eigenvalue weighted by atomic mass is 32.2. The van der Waals surface area contributed by atoms with E-state index in [0.717, 1.165) is 22.0 Å². The summed E-state index contributed by atoms with van der Waals surface area (Å²) in [6.07, 6.45) is 3.24. The molecule has 0 radical (unpaired) electrons. The quantitative estimate of drug-likeness (QED) is 0.718. The number of sulfonamides is 1. The molecular weight excluding hydrogens is 408 g/mol. The highest BCUT2D eigenvalue weighted by Crippen LogP contribution is 2.40. The van der Waals surface area contributed by atoms with Crippen molar-refractivity contribution in [1.82, 2.24) is 9.62 Å². The molecule has 1 atom stereocenters. The Hall–Kier alpha value is -2.19. The van der Waals surface area contributed by atoms with E-state index in [4.69, 9.17) is 0 Å². The Balaban J connectivity index is 1.64. The third kappa shape index (κ3) is 3.48. The van der Waals surface area contributed by atoms with Crippen LogP contribution in [-0.4, -0.2) is 30.6 Å². The lowest BCUT2D eigenvalue weighted by atomic mass is 9.92. The second kappa shape index (κ2) is 7.57. The van der Waals surface area contributed by atoms with Gasteiger partial charge in [-0.25, -0.2) is 12.7 Å². The summed E-state index contributed by atoms with van der Waals surface area (Å²) in [6, 6.07) is 7.94. The highest BCUT2D eigenvalue weighted by molar-refractivity contribution is 7.90. The smallest absolute Gasteiger partial charge is 0.269 e. The molecule has 1 aromatic heterocycles. The van der Waals surface area contributed by atoms with Crippen molar-refractivity contribution in [2.75, 3.05) is 0 Å². The van der Waals surface area contributed by atoms with E-state index in [-0.39, 0.29) is 39.9 Å². The van der Waals surface area contributed by atoms with Gasteiger partial charge in [-0.3, -0.25) is 9.59 Å². The fourth-order valence-corrected chi connectivity index (χ4v) is 6.64. The zero-order valence-electron chi connectivity index (χ0n) is 16.4. The van der Waals surface area contributed by atoms with Crippen LogP contribution in [0.5, 0.6) is 0 Å². The maximum absolute atomic E-state index is 13.0. The number of hydrogen-bond acceptors (Lipinski definition) is 5. The molecule has 8 heteroatoms. The third-order valence-electron chi connectivity index (χ3n) is 5.75. The molecule has 154 valence electrons. The Morgan fingerprint density at radius 2 is 1.97 bits per heavy atom. The van der Waals surface area contributed by atoms with Crippen LogP contribution in [-0.2, 0) is 10.0 Å². The SMILES string of the molecule is CCC(CC)C(NC(=O)c1ccc2c(c1)S(=O)(=O)N(C1CC1)C2=O)c1cccs1. The Labute approximate surface area is 175 Å². The van der Waals surface area contributed by atoms with Gasteiger partial charge in [-0.2, -0.15) is 0 Å². The topological polar surface area (TPSA) is 83.6 Å². The van der Waals surface area contributed by atoms with E-state index in [9.17, 15) is 18.0 Å². The average Bonchev–Trinajstić information content (AvgIpc) is 3.32. The molecule has 1 N–H and O–H groups in total. The normalized spacial score (nSPS) is 18.7. The number of carbonyl (C=O) groups excluding carboxylic acids is 2. The average molecular weight is 433 g/mol. The number of rotatable bonds is 7. The van der Waals surface area contributed by atoms with Gasteiger partial charge in [0.25, 0.3) is 21.8 Å². The van der Waals surface area contributed by atoms with Gasteiger partial charge >= 0.3 is 0 Å². The first-order valence-corrected chi connectivity index (χ1v) is 12.3.